The zero-order valence-corrected chi connectivity index (χ0v) is 17.9. The maximum Gasteiger partial charge on any atom is 0.328 e. The smallest absolute Gasteiger partial charge is 0.328 e. The number of hydrogen-bond donors (Lipinski definition) is 3. The number of para-hydroxylation sites is 1. The third kappa shape index (κ3) is 2.90. The lowest BCUT2D eigenvalue weighted by molar-refractivity contribution is -0.144. The van der Waals surface area contributed by atoms with Crippen molar-refractivity contribution >= 4 is 34.7 Å². The zero-order valence-electron chi connectivity index (χ0n) is 17.9. The topological polar surface area (TPSA) is 123 Å². The van der Waals surface area contributed by atoms with Crippen molar-refractivity contribution in [2.75, 3.05) is 6.54 Å². The van der Waals surface area contributed by atoms with Gasteiger partial charge >= 0.3 is 12.0 Å². The van der Waals surface area contributed by atoms with E-state index in [4.69, 9.17) is 5.11 Å². The third-order valence-corrected chi connectivity index (χ3v) is 6.41. The highest BCUT2D eigenvalue weighted by Crippen LogP contribution is 2.45. The van der Waals surface area contributed by atoms with E-state index in [-0.39, 0.29) is 0 Å². The first-order valence-electron chi connectivity index (χ1n) is 10.4. The summed E-state index contributed by atoms with van der Waals surface area (Å²) < 4.78 is 0. The van der Waals surface area contributed by atoms with Gasteiger partial charge in [-0.05, 0) is 37.8 Å². The van der Waals surface area contributed by atoms with Crippen molar-refractivity contribution in [1.82, 2.24) is 20.1 Å². The predicted octanol–water partition coefficient (Wildman–Crippen LogP) is 1.82. The average molecular weight is 426 g/mol. The van der Waals surface area contributed by atoms with Crippen molar-refractivity contribution in [1.29, 1.82) is 0 Å². The summed E-state index contributed by atoms with van der Waals surface area (Å²) in [6.45, 7) is 6.85. The van der Waals surface area contributed by atoms with Gasteiger partial charge < -0.3 is 20.3 Å². The van der Waals surface area contributed by atoms with Crippen LogP contribution >= 0.6 is 0 Å². The Morgan fingerprint density at radius 3 is 2.52 bits per heavy atom. The molecule has 0 aliphatic carbocycles. The maximum atomic E-state index is 13.7. The number of carbonyl (C=O) groups excluding carboxylic acids is 3. The van der Waals surface area contributed by atoms with Crippen LogP contribution in [0.5, 0.6) is 0 Å². The molecular formula is C22H26N4O5. The van der Waals surface area contributed by atoms with Crippen LogP contribution in [0.1, 0.15) is 39.0 Å². The second kappa shape index (κ2) is 7.11. The molecule has 0 spiro atoms. The first-order valence-corrected chi connectivity index (χ1v) is 10.4. The number of nitrogens with zero attached hydrogens (tertiary/aromatic N) is 2. The van der Waals surface area contributed by atoms with Crippen LogP contribution in [0.2, 0.25) is 0 Å². The van der Waals surface area contributed by atoms with Crippen molar-refractivity contribution in [3.05, 3.63) is 35.5 Å². The summed E-state index contributed by atoms with van der Waals surface area (Å²) in [7, 11) is 0. The standard InChI is InChI=1S/C22H26N4O5/c1-11(2)16(18(27)23-12(3)19(28)29)26-20(30)22(4)17-14(9-10-25(22)21(26)31)13-7-5-6-8-15(13)24-17/h5-8,11-12,16,24H,9-10H2,1-4H3,(H,23,27)(H,28,29). The fourth-order valence-corrected chi connectivity index (χ4v) is 4.74. The predicted molar refractivity (Wildman–Crippen MR) is 112 cm³/mol. The molecule has 164 valence electrons. The van der Waals surface area contributed by atoms with E-state index in [9.17, 15) is 19.2 Å². The molecule has 31 heavy (non-hydrogen) atoms. The second-order valence-electron chi connectivity index (χ2n) is 8.71. The number of urea groups is 1. The van der Waals surface area contributed by atoms with Gasteiger partial charge in [-0.25, -0.2) is 9.69 Å². The number of rotatable bonds is 5. The molecule has 0 bridgehead atoms. The van der Waals surface area contributed by atoms with Gasteiger partial charge in [-0.1, -0.05) is 32.0 Å². The van der Waals surface area contributed by atoms with E-state index >= 15 is 0 Å². The molecule has 3 heterocycles. The minimum Gasteiger partial charge on any atom is -0.480 e. The SMILES string of the molecule is CC(NC(=O)C(C(C)C)N1C(=O)N2CCc3c([nH]c4ccccc34)C2(C)C1=O)C(=O)O. The van der Waals surface area contributed by atoms with Gasteiger partial charge in [-0.3, -0.25) is 14.4 Å². The zero-order chi connectivity index (χ0) is 22.7. The van der Waals surface area contributed by atoms with E-state index in [1.807, 2.05) is 24.3 Å². The van der Waals surface area contributed by atoms with Crippen molar-refractivity contribution in [3.8, 4) is 0 Å². The molecule has 2 aliphatic heterocycles. The quantitative estimate of drug-likeness (QED) is 0.630. The maximum absolute atomic E-state index is 13.7. The molecule has 2 aromatic rings. The number of aromatic amines is 1. The van der Waals surface area contributed by atoms with Crippen molar-refractivity contribution in [2.24, 2.45) is 5.92 Å². The van der Waals surface area contributed by atoms with Crippen molar-refractivity contribution in [2.45, 2.75) is 51.7 Å². The normalized spacial score (nSPS) is 22.5. The second-order valence-corrected chi connectivity index (χ2v) is 8.71. The van der Waals surface area contributed by atoms with Crippen LogP contribution in [0.3, 0.4) is 0 Å². The molecule has 3 atom stereocenters. The van der Waals surface area contributed by atoms with Crippen LogP contribution < -0.4 is 5.32 Å². The van der Waals surface area contributed by atoms with Crippen LogP contribution in [0.4, 0.5) is 4.79 Å². The molecule has 1 fully saturated rings. The summed E-state index contributed by atoms with van der Waals surface area (Å²) in [5.41, 5.74) is 1.31. The van der Waals surface area contributed by atoms with Crippen LogP contribution in [-0.4, -0.2) is 62.3 Å². The van der Waals surface area contributed by atoms with Crippen LogP contribution in [0.15, 0.2) is 24.3 Å². The van der Waals surface area contributed by atoms with Crippen LogP contribution in [0.25, 0.3) is 10.9 Å². The lowest BCUT2D eigenvalue weighted by Gasteiger charge is -2.36. The highest BCUT2D eigenvalue weighted by molar-refractivity contribution is 6.11. The Kier molecular flexibility index (Phi) is 4.79. The first kappa shape index (κ1) is 20.9. The van der Waals surface area contributed by atoms with E-state index in [2.05, 4.69) is 10.3 Å². The molecular weight excluding hydrogens is 400 g/mol. The molecule has 9 nitrogen and oxygen atoms in total. The number of H-pyrrole nitrogens is 1. The fraction of sp³-hybridized carbons (Fsp3) is 0.455. The van der Waals surface area contributed by atoms with Gasteiger partial charge in [0.2, 0.25) is 5.91 Å². The molecule has 3 N–H and O–H groups in total. The van der Waals surface area contributed by atoms with Gasteiger partial charge in [0, 0.05) is 17.4 Å². The number of hydrogen-bond acceptors (Lipinski definition) is 4. The van der Waals surface area contributed by atoms with Crippen LogP contribution in [0, 0.1) is 5.92 Å². The molecule has 2 aliphatic rings. The van der Waals surface area contributed by atoms with E-state index in [0.29, 0.717) is 18.7 Å². The van der Waals surface area contributed by atoms with Gasteiger partial charge in [0.15, 0.2) is 5.54 Å². The number of carbonyl (C=O) groups is 4. The van der Waals surface area contributed by atoms with E-state index in [1.54, 1.807) is 20.8 Å². The summed E-state index contributed by atoms with van der Waals surface area (Å²) in [4.78, 5) is 57.1. The van der Waals surface area contributed by atoms with Crippen LogP contribution in [-0.2, 0) is 26.3 Å². The lowest BCUT2D eigenvalue weighted by atomic mass is 9.86. The monoisotopic (exact) mass is 426 g/mol. The Balaban J connectivity index is 1.77. The number of aliphatic carboxylic acids is 1. The Bertz CT molecular complexity index is 1110. The Morgan fingerprint density at radius 2 is 1.87 bits per heavy atom. The third-order valence-electron chi connectivity index (χ3n) is 6.41. The summed E-state index contributed by atoms with van der Waals surface area (Å²) >= 11 is 0. The average Bonchev–Trinajstić information content (AvgIpc) is 3.18. The molecule has 9 heteroatoms. The number of carboxylic acids is 1. The minimum absolute atomic E-state index is 0.352. The first-order chi connectivity index (χ1) is 14.6. The number of benzene rings is 1. The number of fused-ring (bicyclic) bond motifs is 5. The number of amides is 4. The molecule has 4 amide bonds. The highest BCUT2D eigenvalue weighted by atomic mass is 16.4. The van der Waals surface area contributed by atoms with Gasteiger partial charge in [0.1, 0.15) is 12.1 Å². The van der Waals surface area contributed by atoms with E-state index in [1.165, 1.54) is 11.8 Å². The summed E-state index contributed by atoms with van der Waals surface area (Å²) in [6, 6.07) is 4.96. The van der Waals surface area contributed by atoms with E-state index < -0.39 is 47.4 Å². The lowest BCUT2D eigenvalue weighted by Crippen LogP contribution is -2.55. The Hall–Kier alpha value is -3.36. The Morgan fingerprint density at radius 1 is 1.19 bits per heavy atom. The summed E-state index contributed by atoms with van der Waals surface area (Å²) in [5, 5.41) is 12.6. The van der Waals surface area contributed by atoms with E-state index in [0.717, 1.165) is 21.4 Å². The van der Waals surface area contributed by atoms with Gasteiger partial charge in [-0.2, -0.15) is 0 Å². The fourth-order valence-electron chi connectivity index (χ4n) is 4.74. The van der Waals surface area contributed by atoms with Gasteiger partial charge in [0.25, 0.3) is 5.91 Å². The Labute approximate surface area is 179 Å². The molecule has 1 aromatic heterocycles. The molecule has 1 aromatic carbocycles. The van der Waals surface area contributed by atoms with Crippen molar-refractivity contribution in [3.63, 3.8) is 0 Å². The highest BCUT2D eigenvalue weighted by Gasteiger charge is 2.61. The van der Waals surface area contributed by atoms with Gasteiger partial charge in [-0.15, -0.1) is 0 Å². The summed E-state index contributed by atoms with van der Waals surface area (Å²) in [6.07, 6.45) is 0.594. The molecule has 0 radical (unpaired) electrons. The molecule has 4 rings (SSSR count). The molecule has 0 saturated carbocycles. The summed E-state index contributed by atoms with van der Waals surface area (Å²) in [5.74, 6) is -2.74. The number of aromatic nitrogens is 1. The van der Waals surface area contributed by atoms with Crippen molar-refractivity contribution < 1.29 is 24.3 Å². The number of nitrogens with one attached hydrogen (secondary N) is 2. The number of carboxylic acid groups (broad SMARTS) is 1. The van der Waals surface area contributed by atoms with Gasteiger partial charge in [0.05, 0.1) is 5.69 Å². The minimum atomic E-state index is -1.25. The largest absolute Gasteiger partial charge is 0.480 e. The number of imide groups is 1. The molecule has 1 saturated heterocycles. The molecule has 3 unspecified atom stereocenters.